The largest absolute Gasteiger partial charge is 0.480 e. The summed E-state index contributed by atoms with van der Waals surface area (Å²) < 4.78 is 4.95. The molecule has 7 nitrogen and oxygen atoms in total. The lowest BCUT2D eigenvalue weighted by atomic mass is 10.2. The molecule has 0 aliphatic rings. The molecule has 8 heteroatoms. The first-order valence-electron chi connectivity index (χ1n) is 6.98. The Kier molecular flexibility index (Phi) is 8.59. The minimum Gasteiger partial charge on any atom is -0.480 e. The van der Waals surface area contributed by atoms with Crippen molar-refractivity contribution in [1.29, 1.82) is 0 Å². The molecule has 3 N–H and O–H groups in total. The molecular formula is C15H20N2O5S. The molecular weight excluding hydrogens is 320 g/mol. The van der Waals surface area contributed by atoms with Crippen LogP contribution in [0.15, 0.2) is 30.3 Å². The van der Waals surface area contributed by atoms with E-state index in [1.807, 2.05) is 36.6 Å². The second kappa shape index (κ2) is 10.5. The standard InChI is InChI=1S/C15H20N2O5S/c1-23-8-7-12(14(19)20)17-13(18)9-16-15(21)22-10-11-5-3-2-4-6-11/h2-6,12H,7-10H2,1H3,(H,16,21)(H,17,18)(H,19,20)/t12-/m1/s1. The molecule has 0 saturated carbocycles. The fourth-order valence-electron chi connectivity index (χ4n) is 1.67. The minimum absolute atomic E-state index is 0.0970. The predicted molar refractivity (Wildman–Crippen MR) is 87.2 cm³/mol. The number of carbonyl (C=O) groups excluding carboxylic acids is 2. The third-order valence-electron chi connectivity index (χ3n) is 2.85. The summed E-state index contributed by atoms with van der Waals surface area (Å²) in [6, 6.07) is 8.16. The van der Waals surface area contributed by atoms with Gasteiger partial charge in [0.2, 0.25) is 5.91 Å². The van der Waals surface area contributed by atoms with Crippen molar-refractivity contribution in [2.24, 2.45) is 0 Å². The molecule has 0 saturated heterocycles. The van der Waals surface area contributed by atoms with Crippen molar-refractivity contribution < 1.29 is 24.2 Å². The van der Waals surface area contributed by atoms with E-state index in [0.29, 0.717) is 12.2 Å². The van der Waals surface area contributed by atoms with Crippen LogP contribution in [0.2, 0.25) is 0 Å². The van der Waals surface area contributed by atoms with Crippen molar-refractivity contribution in [3.8, 4) is 0 Å². The number of carboxylic acid groups (broad SMARTS) is 1. The van der Waals surface area contributed by atoms with Crippen LogP contribution in [0.5, 0.6) is 0 Å². The molecule has 0 heterocycles. The predicted octanol–water partition coefficient (Wildman–Crippen LogP) is 1.24. The lowest BCUT2D eigenvalue weighted by Crippen LogP contribution is -2.45. The monoisotopic (exact) mass is 340 g/mol. The Hall–Kier alpha value is -2.22. The molecule has 0 bridgehead atoms. The van der Waals surface area contributed by atoms with E-state index < -0.39 is 24.0 Å². The van der Waals surface area contributed by atoms with Crippen LogP contribution in [0, 0.1) is 0 Å². The highest BCUT2D eigenvalue weighted by Gasteiger charge is 2.19. The quantitative estimate of drug-likeness (QED) is 0.625. The Labute approximate surface area is 138 Å². The van der Waals surface area contributed by atoms with Gasteiger partial charge in [0.15, 0.2) is 0 Å². The van der Waals surface area contributed by atoms with E-state index in [1.165, 1.54) is 11.8 Å². The van der Waals surface area contributed by atoms with Crippen molar-refractivity contribution in [3.63, 3.8) is 0 Å². The van der Waals surface area contributed by atoms with Gasteiger partial charge in [0.1, 0.15) is 19.2 Å². The minimum atomic E-state index is -1.10. The van der Waals surface area contributed by atoms with Gasteiger partial charge in [0.25, 0.3) is 0 Å². The van der Waals surface area contributed by atoms with E-state index in [9.17, 15) is 14.4 Å². The zero-order chi connectivity index (χ0) is 17.1. The van der Waals surface area contributed by atoms with Gasteiger partial charge in [-0.3, -0.25) is 4.79 Å². The summed E-state index contributed by atoms with van der Waals surface area (Å²) in [5.41, 5.74) is 0.829. The van der Waals surface area contributed by atoms with E-state index in [-0.39, 0.29) is 13.2 Å². The summed E-state index contributed by atoms with van der Waals surface area (Å²) in [6.45, 7) is -0.240. The second-order valence-electron chi connectivity index (χ2n) is 4.66. The van der Waals surface area contributed by atoms with Crippen molar-refractivity contribution in [2.75, 3.05) is 18.6 Å². The van der Waals surface area contributed by atoms with Gasteiger partial charge in [-0.1, -0.05) is 30.3 Å². The first-order chi connectivity index (χ1) is 11.0. The highest BCUT2D eigenvalue weighted by Crippen LogP contribution is 2.01. The van der Waals surface area contributed by atoms with Gasteiger partial charge >= 0.3 is 12.1 Å². The number of aliphatic carboxylic acids is 1. The van der Waals surface area contributed by atoms with E-state index in [1.54, 1.807) is 0 Å². The maximum absolute atomic E-state index is 11.6. The molecule has 0 spiro atoms. The number of benzene rings is 1. The number of nitrogens with one attached hydrogen (secondary N) is 2. The Balaban J connectivity index is 2.28. The molecule has 0 aliphatic heterocycles. The van der Waals surface area contributed by atoms with E-state index in [0.717, 1.165) is 5.56 Å². The molecule has 2 amide bonds. The first-order valence-corrected chi connectivity index (χ1v) is 8.38. The zero-order valence-corrected chi connectivity index (χ0v) is 13.6. The zero-order valence-electron chi connectivity index (χ0n) is 12.8. The fraction of sp³-hybridized carbons (Fsp3) is 0.400. The van der Waals surface area contributed by atoms with Gasteiger partial charge in [0.05, 0.1) is 0 Å². The Morgan fingerprint density at radius 1 is 1.26 bits per heavy atom. The SMILES string of the molecule is CSCC[C@@H](NC(=O)CNC(=O)OCc1ccccc1)C(=O)O. The summed E-state index contributed by atoms with van der Waals surface area (Å²) >= 11 is 1.49. The second-order valence-corrected chi connectivity index (χ2v) is 5.64. The topological polar surface area (TPSA) is 105 Å². The third kappa shape index (κ3) is 8.10. The van der Waals surface area contributed by atoms with Crippen LogP contribution < -0.4 is 10.6 Å². The fourth-order valence-corrected chi connectivity index (χ4v) is 2.14. The van der Waals surface area contributed by atoms with Crippen LogP contribution in [0.4, 0.5) is 4.79 Å². The smallest absolute Gasteiger partial charge is 0.407 e. The van der Waals surface area contributed by atoms with Gasteiger partial charge in [0, 0.05) is 0 Å². The summed E-state index contributed by atoms with van der Waals surface area (Å²) in [5.74, 6) is -1.06. The average Bonchev–Trinajstić information content (AvgIpc) is 2.55. The van der Waals surface area contributed by atoms with Gasteiger partial charge in [-0.25, -0.2) is 9.59 Å². The Morgan fingerprint density at radius 3 is 2.57 bits per heavy atom. The third-order valence-corrected chi connectivity index (χ3v) is 3.49. The highest BCUT2D eigenvalue weighted by atomic mass is 32.2. The lowest BCUT2D eigenvalue weighted by Gasteiger charge is -2.14. The van der Waals surface area contributed by atoms with Crippen molar-refractivity contribution in [2.45, 2.75) is 19.1 Å². The number of hydrogen-bond donors (Lipinski definition) is 3. The summed E-state index contributed by atoms with van der Waals surface area (Å²) in [5, 5.41) is 13.6. The molecule has 0 unspecified atom stereocenters. The Bertz CT molecular complexity index is 524. The Morgan fingerprint density at radius 2 is 1.96 bits per heavy atom. The number of thioether (sulfide) groups is 1. The molecule has 0 fully saturated rings. The van der Waals surface area contributed by atoms with Crippen LogP contribution in [0.1, 0.15) is 12.0 Å². The van der Waals surface area contributed by atoms with Gasteiger partial charge < -0.3 is 20.5 Å². The number of hydrogen-bond acceptors (Lipinski definition) is 5. The van der Waals surface area contributed by atoms with Crippen LogP contribution in [0.25, 0.3) is 0 Å². The van der Waals surface area contributed by atoms with Gasteiger partial charge in [-0.05, 0) is 24.0 Å². The number of amides is 2. The number of carbonyl (C=O) groups is 3. The average molecular weight is 340 g/mol. The number of rotatable bonds is 9. The normalized spacial score (nSPS) is 11.3. The van der Waals surface area contributed by atoms with Crippen LogP contribution >= 0.6 is 11.8 Å². The van der Waals surface area contributed by atoms with E-state index in [4.69, 9.17) is 9.84 Å². The molecule has 126 valence electrons. The van der Waals surface area contributed by atoms with Crippen LogP contribution in [0.3, 0.4) is 0 Å². The van der Waals surface area contributed by atoms with Crippen LogP contribution in [-0.2, 0) is 20.9 Å². The summed E-state index contributed by atoms with van der Waals surface area (Å²) in [4.78, 5) is 34.1. The molecule has 1 rings (SSSR count). The first kappa shape index (κ1) is 18.8. The molecule has 0 aromatic heterocycles. The van der Waals surface area contributed by atoms with Crippen molar-refractivity contribution in [3.05, 3.63) is 35.9 Å². The maximum atomic E-state index is 11.6. The molecule has 1 atom stereocenters. The summed E-state index contributed by atoms with van der Waals surface area (Å²) in [6.07, 6.45) is 1.44. The molecule has 23 heavy (non-hydrogen) atoms. The van der Waals surface area contributed by atoms with E-state index >= 15 is 0 Å². The summed E-state index contributed by atoms with van der Waals surface area (Å²) in [7, 11) is 0. The molecule has 0 radical (unpaired) electrons. The van der Waals surface area contributed by atoms with Gasteiger partial charge in [-0.2, -0.15) is 11.8 Å². The highest BCUT2D eigenvalue weighted by molar-refractivity contribution is 7.98. The molecule has 0 aliphatic carbocycles. The molecule has 1 aromatic rings. The maximum Gasteiger partial charge on any atom is 0.407 e. The number of carboxylic acids is 1. The van der Waals surface area contributed by atoms with Crippen LogP contribution in [-0.4, -0.2) is 47.7 Å². The number of ether oxygens (including phenoxy) is 1. The lowest BCUT2D eigenvalue weighted by molar-refractivity contribution is -0.141. The molecule has 1 aromatic carbocycles. The number of alkyl carbamates (subject to hydrolysis) is 1. The van der Waals surface area contributed by atoms with Crippen molar-refractivity contribution >= 4 is 29.7 Å². The van der Waals surface area contributed by atoms with Gasteiger partial charge in [-0.15, -0.1) is 0 Å². The van der Waals surface area contributed by atoms with E-state index in [2.05, 4.69) is 10.6 Å². The van der Waals surface area contributed by atoms with Crippen molar-refractivity contribution in [1.82, 2.24) is 10.6 Å².